The molecule has 2 N–H and O–H groups in total. The number of rotatable bonds is 3. The summed E-state index contributed by atoms with van der Waals surface area (Å²) in [4.78, 5) is 11.8. The fourth-order valence-electron chi connectivity index (χ4n) is 2.35. The second-order valence-electron chi connectivity index (χ2n) is 5.01. The lowest BCUT2D eigenvalue weighted by Gasteiger charge is -2.25. The van der Waals surface area contributed by atoms with Crippen molar-refractivity contribution >= 4 is 5.91 Å². The number of halogens is 2. The first kappa shape index (κ1) is 13.9. The molecular weight excluding hydrogens is 252 g/mol. The lowest BCUT2D eigenvalue weighted by Crippen LogP contribution is -2.32. The molecule has 2 rings (SSSR count). The van der Waals surface area contributed by atoms with Crippen molar-refractivity contribution in [1.29, 1.82) is 0 Å². The normalized spacial score (nSPS) is 23.1. The van der Waals surface area contributed by atoms with Gasteiger partial charge in [-0.3, -0.25) is 4.79 Å². The Kier molecular flexibility index (Phi) is 4.47. The molecule has 1 aliphatic carbocycles. The van der Waals surface area contributed by atoms with Crippen LogP contribution in [0.2, 0.25) is 0 Å². The Morgan fingerprint density at radius 1 is 1.26 bits per heavy atom. The third-order valence-electron chi connectivity index (χ3n) is 3.54. The molecule has 1 aromatic carbocycles. The summed E-state index contributed by atoms with van der Waals surface area (Å²) in [5.41, 5.74) is -0.268. The summed E-state index contributed by atoms with van der Waals surface area (Å²) in [5, 5.41) is 12.0. The molecule has 0 heterocycles. The van der Waals surface area contributed by atoms with E-state index in [1.165, 1.54) is 0 Å². The van der Waals surface area contributed by atoms with Crippen LogP contribution in [0.1, 0.15) is 36.0 Å². The largest absolute Gasteiger partial charge is 0.393 e. The Morgan fingerprint density at radius 3 is 2.63 bits per heavy atom. The third-order valence-corrected chi connectivity index (χ3v) is 3.54. The predicted octanol–water partition coefficient (Wildman–Crippen LogP) is 2.25. The standard InChI is InChI=1S/C14H17F2NO2/c15-10-3-6-13(16)12(7-10)14(19)17-8-9-1-4-11(18)5-2-9/h3,6-7,9,11,18H,1-2,4-5,8H2,(H,17,19). The van der Waals surface area contributed by atoms with E-state index in [2.05, 4.69) is 5.32 Å². The van der Waals surface area contributed by atoms with E-state index < -0.39 is 17.5 Å². The van der Waals surface area contributed by atoms with Gasteiger partial charge in [0.2, 0.25) is 0 Å². The van der Waals surface area contributed by atoms with Gasteiger partial charge in [0.05, 0.1) is 11.7 Å². The second-order valence-corrected chi connectivity index (χ2v) is 5.01. The summed E-state index contributed by atoms with van der Waals surface area (Å²) in [6.07, 6.45) is 2.90. The van der Waals surface area contributed by atoms with Crippen molar-refractivity contribution in [2.24, 2.45) is 5.92 Å². The maximum Gasteiger partial charge on any atom is 0.254 e. The number of aliphatic hydroxyl groups excluding tert-OH is 1. The highest BCUT2D eigenvalue weighted by atomic mass is 19.1. The molecule has 5 heteroatoms. The Balaban J connectivity index is 1.89. The minimum absolute atomic E-state index is 0.243. The number of aliphatic hydroxyl groups is 1. The van der Waals surface area contributed by atoms with Gasteiger partial charge in [-0.15, -0.1) is 0 Å². The lowest BCUT2D eigenvalue weighted by molar-refractivity contribution is 0.0906. The Hall–Kier alpha value is -1.49. The van der Waals surface area contributed by atoms with E-state index >= 15 is 0 Å². The fourth-order valence-corrected chi connectivity index (χ4v) is 2.35. The molecule has 0 spiro atoms. The second kappa shape index (κ2) is 6.10. The number of benzene rings is 1. The van der Waals surface area contributed by atoms with Gasteiger partial charge in [0.1, 0.15) is 11.6 Å². The smallest absolute Gasteiger partial charge is 0.254 e. The van der Waals surface area contributed by atoms with Crippen LogP contribution >= 0.6 is 0 Å². The van der Waals surface area contributed by atoms with E-state index in [0.29, 0.717) is 12.5 Å². The highest BCUT2D eigenvalue weighted by Gasteiger charge is 2.20. The fraction of sp³-hybridized carbons (Fsp3) is 0.500. The van der Waals surface area contributed by atoms with Gasteiger partial charge in [0, 0.05) is 6.54 Å². The maximum absolute atomic E-state index is 13.4. The molecule has 0 radical (unpaired) electrons. The molecule has 0 aliphatic heterocycles. The SMILES string of the molecule is O=C(NCC1CCC(O)CC1)c1cc(F)ccc1F. The number of nitrogens with one attached hydrogen (secondary N) is 1. The van der Waals surface area contributed by atoms with Crippen LogP contribution < -0.4 is 5.32 Å². The van der Waals surface area contributed by atoms with Gasteiger partial charge >= 0.3 is 0 Å². The number of amides is 1. The van der Waals surface area contributed by atoms with Crippen LogP contribution in [0.5, 0.6) is 0 Å². The van der Waals surface area contributed by atoms with Crippen LogP contribution in [-0.4, -0.2) is 23.7 Å². The maximum atomic E-state index is 13.4. The minimum Gasteiger partial charge on any atom is -0.393 e. The van der Waals surface area contributed by atoms with Gasteiger partial charge < -0.3 is 10.4 Å². The van der Waals surface area contributed by atoms with Crippen LogP contribution in [0.3, 0.4) is 0 Å². The molecule has 104 valence electrons. The van der Waals surface area contributed by atoms with Crippen molar-refractivity contribution in [3.8, 4) is 0 Å². The van der Waals surface area contributed by atoms with Gasteiger partial charge in [-0.05, 0) is 49.8 Å². The van der Waals surface area contributed by atoms with Crippen molar-refractivity contribution in [3.63, 3.8) is 0 Å². The Bertz CT molecular complexity index is 457. The quantitative estimate of drug-likeness (QED) is 0.884. The van der Waals surface area contributed by atoms with Crippen LogP contribution in [0.4, 0.5) is 8.78 Å². The summed E-state index contributed by atoms with van der Waals surface area (Å²) >= 11 is 0. The number of carbonyl (C=O) groups excluding carboxylic acids is 1. The highest BCUT2D eigenvalue weighted by Crippen LogP contribution is 2.23. The van der Waals surface area contributed by atoms with Gasteiger partial charge in [-0.2, -0.15) is 0 Å². The lowest BCUT2D eigenvalue weighted by atomic mass is 9.87. The first-order chi connectivity index (χ1) is 9.06. The summed E-state index contributed by atoms with van der Waals surface area (Å²) < 4.78 is 26.3. The van der Waals surface area contributed by atoms with E-state index in [4.69, 9.17) is 0 Å². The van der Waals surface area contributed by atoms with Crippen LogP contribution in [0.15, 0.2) is 18.2 Å². The summed E-state index contributed by atoms with van der Waals surface area (Å²) in [5.74, 6) is -1.66. The number of hydrogen-bond donors (Lipinski definition) is 2. The first-order valence-electron chi connectivity index (χ1n) is 6.47. The van der Waals surface area contributed by atoms with Gasteiger partial charge in [0.25, 0.3) is 5.91 Å². The average molecular weight is 269 g/mol. The van der Waals surface area contributed by atoms with E-state index in [9.17, 15) is 18.7 Å². The zero-order valence-electron chi connectivity index (χ0n) is 10.5. The molecular formula is C14H17F2NO2. The van der Waals surface area contributed by atoms with Crippen molar-refractivity contribution < 1.29 is 18.7 Å². The van der Waals surface area contributed by atoms with Crippen molar-refractivity contribution in [2.45, 2.75) is 31.8 Å². The molecule has 19 heavy (non-hydrogen) atoms. The predicted molar refractivity (Wildman–Crippen MR) is 66.7 cm³/mol. The molecule has 1 amide bonds. The summed E-state index contributed by atoms with van der Waals surface area (Å²) in [6, 6.07) is 2.82. The molecule has 0 atom stereocenters. The van der Waals surface area contributed by atoms with E-state index in [1.54, 1.807) is 0 Å². The zero-order valence-corrected chi connectivity index (χ0v) is 10.5. The highest BCUT2D eigenvalue weighted by molar-refractivity contribution is 5.94. The molecule has 0 saturated heterocycles. The number of carbonyl (C=O) groups is 1. The summed E-state index contributed by atoms with van der Waals surface area (Å²) in [7, 11) is 0. The van der Waals surface area contributed by atoms with Gasteiger partial charge in [0.15, 0.2) is 0 Å². The molecule has 0 unspecified atom stereocenters. The van der Waals surface area contributed by atoms with Crippen LogP contribution in [0, 0.1) is 17.6 Å². The molecule has 1 fully saturated rings. The first-order valence-corrected chi connectivity index (χ1v) is 6.47. The summed E-state index contributed by atoms with van der Waals surface area (Å²) in [6.45, 7) is 0.432. The van der Waals surface area contributed by atoms with E-state index in [0.717, 1.165) is 43.9 Å². The van der Waals surface area contributed by atoms with Crippen molar-refractivity contribution in [2.75, 3.05) is 6.54 Å². The molecule has 1 aromatic rings. The van der Waals surface area contributed by atoms with E-state index in [-0.39, 0.29) is 11.7 Å². The average Bonchev–Trinajstić information content (AvgIpc) is 2.40. The topological polar surface area (TPSA) is 49.3 Å². The third kappa shape index (κ3) is 3.73. The Morgan fingerprint density at radius 2 is 1.95 bits per heavy atom. The molecule has 1 saturated carbocycles. The van der Waals surface area contributed by atoms with Crippen LogP contribution in [0.25, 0.3) is 0 Å². The zero-order chi connectivity index (χ0) is 13.8. The molecule has 3 nitrogen and oxygen atoms in total. The monoisotopic (exact) mass is 269 g/mol. The van der Waals surface area contributed by atoms with Crippen molar-refractivity contribution in [1.82, 2.24) is 5.32 Å². The van der Waals surface area contributed by atoms with E-state index in [1.807, 2.05) is 0 Å². The molecule has 0 aromatic heterocycles. The molecule has 0 bridgehead atoms. The Labute approximate surface area is 110 Å². The van der Waals surface area contributed by atoms with Crippen molar-refractivity contribution in [3.05, 3.63) is 35.4 Å². The number of hydrogen-bond acceptors (Lipinski definition) is 2. The van der Waals surface area contributed by atoms with Gasteiger partial charge in [-0.1, -0.05) is 0 Å². The van der Waals surface area contributed by atoms with Gasteiger partial charge in [-0.25, -0.2) is 8.78 Å². The minimum atomic E-state index is -0.724. The molecule has 1 aliphatic rings. The van der Waals surface area contributed by atoms with Crippen LogP contribution in [-0.2, 0) is 0 Å².